The first-order chi connectivity index (χ1) is 7.59. The van der Waals surface area contributed by atoms with Crippen LogP contribution in [0.25, 0.3) is 0 Å². The molecule has 0 bridgehead atoms. The van der Waals surface area contributed by atoms with Crippen LogP contribution >= 0.6 is 11.6 Å². The monoisotopic (exact) mass is 241 g/mol. The first-order valence-corrected chi connectivity index (χ1v) is 5.87. The summed E-state index contributed by atoms with van der Waals surface area (Å²) in [5, 5.41) is 22.7. The normalized spacial score (nSPS) is 18.1. The van der Waals surface area contributed by atoms with Gasteiger partial charge in [-0.25, -0.2) is 0 Å². The summed E-state index contributed by atoms with van der Waals surface area (Å²) < 4.78 is 0. The van der Waals surface area contributed by atoms with Crippen LogP contribution in [0.4, 0.5) is 0 Å². The second-order valence-electron chi connectivity index (χ2n) is 4.47. The van der Waals surface area contributed by atoms with Crippen molar-refractivity contribution in [1.82, 2.24) is 5.32 Å². The van der Waals surface area contributed by atoms with Gasteiger partial charge < -0.3 is 15.5 Å². The van der Waals surface area contributed by atoms with Crippen molar-refractivity contribution in [1.29, 1.82) is 0 Å². The number of aliphatic hydroxyl groups is 1. The van der Waals surface area contributed by atoms with E-state index >= 15 is 0 Å². The zero-order valence-electron chi connectivity index (χ0n) is 9.04. The first kappa shape index (κ1) is 11.7. The summed E-state index contributed by atoms with van der Waals surface area (Å²) in [5.74, 6) is 0.100. The lowest BCUT2D eigenvalue weighted by Crippen LogP contribution is -2.45. The summed E-state index contributed by atoms with van der Waals surface area (Å²) in [4.78, 5) is 0. The molecule has 0 amide bonds. The van der Waals surface area contributed by atoms with E-state index in [1.807, 2.05) is 6.07 Å². The van der Waals surface area contributed by atoms with Crippen molar-refractivity contribution in [3.63, 3.8) is 0 Å². The quantitative estimate of drug-likeness (QED) is 0.756. The molecule has 0 unspecified atom stereocenters. The van der Waals surface area contributed by atoms with E-state index < -0.39 is 5.60 Å². The molecule has 1 aliphatic carbocycles. The van der Waals surface area contributed by atoms with E-state index in [-0.39, 0.29) is 5.75 Å². The van der Waals surface area contributed by atoms with Crippen LogP contribution in [0.5, 0.6) is 5.75 Å². The predicted molar refractivity (Wildman–Crippen MR) is 63.6 cm³/mol. The van der Waals surface area contributed by atoms with Crippen molar-refractivity contribution in [2.75, 3.05) is 6.54 Å². The lowest BCUT2D eigenvalue weighted by atomic mass is 9.80. The van der Waals surface area contributed by atoms with E-state index in [0.717, 1.165) is 24.8 Å². The highest BCUT2D eigenvalue weighted by molar-refractivity contribution is 6.32. The zero-order chi connectivity index (χ0) is 11.6. The Bertz CT molecular complexity index is 377. The number of rotatable bonds is 4. The maximum Gasteiger partial charge on any atom is 0.134 e. The summed E-state index contributed by atoms with van der Waals surface area (Å²) in [6.45, 7) is 1.27. The van der Waals surface area contributed by atoms with Gasteiger partial charge in [-0.3, -0.25) is 0 Å². The van der Waals surface area contributed by atoms with Crippen molar-refractivity contribution in [2.24, 2.45) is 0 Å². The number of hydrogen-bond acceptors (Lipinski definition) is 3. The standard InChI is InChI=1S/C12H16ClNO2/c13-10-6-9(2-3-11(10)15)7-14-8-12(16)4-1-5-12/h2-3,6,14-16H,1,4-5,7-8H2. The van der Waals surface area contributed by atoms with Gasteiger partial charge in [-0.2, -0.15) is 0 Å². The molecule has 1 aliphatic rings. The van der Waals surface area contributed by atoms with Gasteiger partial charge in [-0.05, 0) is 37.0 Å². The Morgan fingerprint density at radius 3 is 2.69 bits per heavy atom. The molecule has 4 heteroatoms. The van der Waals surface area contributed by atoms with Crippen LogP contribution in [0.15, 0.2) is 18.2 Å². The van der Waals surface area contributed by atoms with Crippen LogP contribution in [-0.2, 0) is 6.54 Å². The van der Waals surface area contributed by atoms with E-state index in [1.54, 1.807) is 12.1 Å². The Kier molecular flexibility index (Phi) is 3.38. The van der Waals surface area contributed by atoms with Crippen LogP contribution in [-0.4, -0.2) is 22.4 Å². The van der Waals surface area contributed by atoms with Gasteiger partial charge in [0.2, 0.25) is 0 Å². The van der Waals surface area contributed by atoms with Crippen molar-refractivity contribution in [3.05, 3.63) is 28.8 Å². The van der Waals surface area contributed by atoms with Crippen molar-refractivity contribution >= 4 is 11.6 Å². The molecule has 0 atom stereocenters. The Morgan fingerprint density at radius 1 is 1.38 bits per heavy atom. The van der Waals surface area contributed by atoms with Crippen LogP contribution in [0.1, 0.15) is 24.8 Å². The fourth-order valence-electron chi connectivity index (χ4n) is 1.86. The Balaban J connectivity index is 1.83. The molecule has 0 aliphatic heterocycles. The molecule has 0 heterocycles. The number of benzene rings is 1. The third-order valence-corrected chi connectivity index (χ3v) is 3.38. The van der Waals surface area contributed by atoms with E-state index in [2.05, 4.69) is 5.32 Å². The lowest BCUT2D eigenvalue weighted by molar-refractivity contribution is -0.0314. The summed E-state index contributed by atoms with van der Waals surface area (Å²) in [7, 11) is 0. The van der Waals surface area contributed by atoms with E-state index in [1.165, 1.54) is 0 Å². The second kappa shape index (κ2) is 4.62. The molecule has 0 aromatic heterocycles. The Morgan fingerprint density at radius 2 is 2.12 bits per heavy atom. The smallest absolute Gasteiger partial charge is 0.134 e. The Hall–Kier alpha value is -0.770. The zero-order valence-corrected chi connectivity index (χ0v) is 9.80. The molecule has 1 fully saturated rings. The molecule has 88 valence electrons. The maximum atomic E-state index is 9.86. The van der Waals surface area contributed by atoms with Gasteiger partial charge in [-0.15, -0.1) is 0 Å². The molecule has 1 saturated carbocycles. The predicted octanol–water partition coefficient (Wildman–Crippen LogP) is 2.05. The van der Waals surface area contributed by atoms with Crippen LogP contribution in [0.3, 0.4) is 0 Å². The number of nitrogens with one attached hydrogen (secondary N) is 1. The van der Waals surface area contributed by atoms with E-state index in [0.29, 0.717) is 18.1 Å². The maximum absolute atomic E-state index is 9.86. The summed E-state index contributed by atoms with van der Waals surface area (Å²) >= 11 is 5.79. The van der Waals surface area contributed by atoms with Crippen molar-refractivity contribution < 1.29 is 10.2 Å². The fourth-order valence-corrected chi connectivity index (χ4v) is 2.06. The molecule has 0 saturated heterocycles. The molecule has 0 radical (unpaired) electrons. The highest BCUT2D eigenvalue weighted by Gasteiger charge is 2.33. The minimum atomic E-state index is -0.499. The van der Waals surface area contributed by atoms with Crippen LogP contribution in [0.2, 0.25) is 5.02 Å². The molecule has 0 spiro atoms. The Labute approximate surface area is 100 Å². The van der Waals surface area contributed by atoms with Gasteiger partial charge in [0.1, 0.15) is 5.75 Å². The molecule has 2 rings (SSSR count). The fraction of sp³-hybridized carbons (Fsp3) is 0.500. The van der Waals surface area contributed by atoms with Crippen LogP contribution in [0, 0.1) is 0 Å². The number of phenols is 1. The number of aromatic hydroxyl groups is 1. The van der Waals surface area contributed by atoms with E-state index in [9.17, 15) is 10.2 Å². The van der Waals surface area contributed by atoms with E-state index in [4.69, 9.17) is 11.6 Å². The molecule has 3 N–H and O–H groups in total. The third kappa shape index (κ3) is 2.67. The summed E-state index contributed by atoms with van der Waals surface area (Å²) in [6.07, 6.45) is 2.88. The minimum Gasteiger partial charge on any atom is -0.506 e. The van der Waals surface area contributed by atoms with Gasteiger partial charge in [0.05, 0.1) is 10.6 Å². The van der Waals surface area contributed by atoms with Gasteiger partial charge in [0.15, 0.2) is 0 Å². The number of phenolic OH excluding ortho intramolecular Hbond substituents is 1. The highest BCUT2D eigenvalue weighted by Crippen LogP contribution is 2.30. The molecule has 1 aromatic carbocycles. The summed E-state index contributed by atoms with van der Waals surface area (Å²) in [5.41, 5.74) is 0.506. The number of hydrogen-bond donors (Lipinski definition) is 3. The molecular formula is C12H16ClNO2. The second-order valence-corrected chi connectivity index (χ2v) is 4.87. The average molecular weight is 242 g/mol. The van der Waals surface area contributed by atoms with Crippen molar-refractivity contribution in [2.45, 2.75) is 31.4 Å². The van der Waals surface area contributed by atoms with Gasteiger partial charge in [0, 0.05) is 13.1 Å². The van der Waals surface area contributed by atoms with Gasteiger partial charge in [-0.1, -0.05) is 17.7 Å². The van der Waals surface area contributed by atoms with Gasteiger partial charge in [0.25, 0.3) is 0 Å². The molecule has 16 heavy (non-hydrogen) atoms. The minimum absolute atomic E-state index is 0.100. The first-order valence-electron chi connectivity index (χ1n) is 5.50. The molecule has 3 nitrogen and oxygen atoms in total. The van der Waals surface area contributed by atoms with Crippen molar-refractivity contribution in [3.8, 4) is 5.75 Å². The topological polar surface area (TPSA) is 52.5 Å². The summed E-state index contributed by atoms with van der Waals surface area (Å²) in [6, 6.07) is 5.13. The lowest BCUT2D eigenvalue weighted by Gasteiger charge is -2.36. The van der Waals surface area contributed by atoms with Crippen LogP contribution < -0.4 is 5.32 Å². The molecular weight excluding hydrogens is 226 g/mol. The molecule has 1 aromatic rings. The number of halogens is 1. The SMILES string of the molecule is Oc1ccc(CNCC2(O)CCC2)cc1Cl. The highest BCUT2D eigenvalue weighted by atomic mass is 35.5. The average Bonchev–Trinajstić information content (AvgIpc) is 2.21. The van der Waals surface area contributed by atoms with Gasteiger partial charge >= 0.3 is 0 Å². The largest absolute Gasteiger partial charge is 0.506 e. The third-order valence-electron chi connectivity index (χ3n) is 3.08.